The van der Waals surface area contributed by atoms with Gasteiger partial charge in [0.1, 0.15) is 54.4 Å². The Morgan fingerprint density at radius 1 is 0.692 bits per heavy atom. The lowest BCUT2D eigenvalue weighted by Gasteiger charge is -2.36. The highest BCUT2D eigenvalue weighted by Gasteiger charge is 2.46. The molecule has 4 saturated heterocycles. The third kappa shape index (κ3) is 27.1. The van der Waals surface area contributed by atoms with Crippen molar-refractivity contribution in [3.05, 3.63) is 137 Å². The van der Waals surface area contributed by atoms with Crippen LogP contribution in [0.15, 0.2) is 109 Å². The summed E-state index contributed by atoms with van der Waals surface area (Å²) in [5, 5.41) is 20.5. The molecule has 0 radical (unpaired) electrons. The SMILES string of the molecule is COc1cc(CC[C@H]2OC(=O)[C@@H]3CCCCN3C(=O)C(=O)C(C)(C)COC(=O)C=CCCN(C)C(=O)[C@H](CC(C)C)N(C)C(=O)[C@@H]3CCCN3C(=O)[C@H](Cc3ccc(OCC(=O)NCCOCCOCCNC(=O)CCCCC4SCC5NC(=O)NC54)cc3)NC(=O)[C@H](c3ccccc3)NC(=O)CCC(=O)Nc3cccc2c3)ccc1C. The van der Waals surface area contributed by atoms with Crippen LogP contribution >= 0.6 is 11.8 Å². The molecule has 11 amide bonds. The molecule has 4 fully saturated rings. The summed E-state index contributed by atoms with van der Waals surface area (Å²) in [5.41, 5.74) is 1.93. The minimum absolute atomic E-state index is 0.0447. The van der Waals surface area contributed by atoms with E-state index in [2.05, 4.69) is 37.2 Å². The number of hydrogen-bond acceptors (Lipinski definition) is 20. The van der Waals surface area contributed by atoms with Gasteiger partial charge in [0, 0.05) is 95.3 Å². The van der Waals surface area contributed by atoms with E-state index in [9.17, 15) is 47.9 Å². The lowest BCUT2D eigenvalue weighted by atomic mass is 9.87. The van der Waals surface area contributed by atoms with Crippen LogP contribution in [0.25, 0.3) is 0 Å². The minimum Gasteiger partial charge on any atom is -0.496 e. The van der Waals surface area contributed by atoms with Gasteiger partial charge in [-0.25, -0.2) is 14.4 Å². The number of rotatable bonds is 26. The van der Waals surface area contributed by atoms with E-state index in [4.69, 9.17) is 28.4 Å². The molecule has 117 heavy (non-hydrogen) atoms. The molecular formula is C86H115N11O19S. The van der Waals surface area contributed by atoms with E-state index >= 15 is 14.4 Å². The fraction of sp³-hybridized carbons (Fsp3) is 0.547. The van der Waals surface area contributed by atoms with Gasteiger partial charge in [-0.15, -0.1) is 0 Å². The fourth-order valence-electron chi connectivity index (χ4n) is 14.9. The summed E-state index contributed by atoms with van der Waals surface area (Å²) >= 11 is 1.86. The Bertz CT molecular complexity index is 4150. The summed E-state index contributed by atoms with van der Waals surface area (Å²) in [6, 6.07) is 21.6. The van der Waals surface area contributed by atoms with Gasteiger partial charge in [0.15, 0.2) is 6.61 Å². The van der Waals surface area contributed by atoms with Gasteiger partial charge in [-0.1, -0.05) is 93.1 Å². The van der Waals surface area contributed by atoms with Crippen molar-refractivity contribution < 1.29 is 90.8 Å². The monoisotopic (exact) mass is 1640 g/mol. The maximum absolute atomic E-state index is 15.4. The van der Waals surface area contributed by atoms with Crippen LogP contribution in [0.3, 0.4) is 0 Å². The number of amides is 11. The first kappa shape index (κ1) is 90.5. The number of carbonyl (C=O) groups is 13. The van der Waals surface area contributed by atoms with E-state index in [0.717, 1.165) is 42.2 Å². The maximum atomic E-state index is 15.4. The van der Waals surface area contributed by atoms with Crippen molar-refractivity contribution in [3.8, 4) is 11.5 Å². The van der Waals surface area contributed by atoms with Gasteiger partial charge < -0.3 is 85.2 Å². The number of thioether (sulfide) groups is 1. The number of likely N-dealkylation sites (N-methyl/N-ethyl adjacent to an activating group) is 2. The number of unbranched alkanes of at least 4 members (excludes halogenated alkanes) is 1. The molecule has 0 aromatic heterocycles. The predicted octanol–water partition coefficient (Wildman–Crippen LogP) is 6.70. The van der Waals surface area contributed by atoms with Crippen molar-refractivity contribution in [1.82, 2.24) is 51.5 Å². The molecule has 7 N–H and O–H groups in total. The Hall–Kier alpha value is -10.4. The molecule has 31 heteroatoms. The highest BCUT2D eigenvalue weighted by Crippen LogP contribution is 2.35. The largest absolute Gasteiger partial charge is 0.496 e. The van der Waals surface area contributed by atoms with Crippen molar-refractivity contribution in [2.24, 2.45) is 11.3 Å². The molecule has 0 saturated carbocycles. The van der Waals surface area contributed by atoms with Crippen LogP contribution in [0.1, 0.15) is 158 Å². The van der Waals surface area contributed by atoms with E-state index in [1.54, 1.807) is 93.0 Å². The molecule has 0 aliphatic carbocycles. The normalized spacial score (nSPS) is 23.2. The van der Waals surface area contributed by atoms with Crippen LogP contribution < -0.4 is 46.7 Å². The molecule has 9 rings (SSSR count). The average Bonchev–Trinajstić information content (AvgIpc) is 1.77. The van der Waals surface area contributed by atoms with Crippen LogP contribution in [0.5, 0.6) is 11.5 Å². The van der Waals surface area contributed by atoms with Gasteiger partial charge in [0.25, 0.3) is 11.8 Å². The first-order valence-electron chi connectivity index (χ1n) is 40.6. The second-order valence-corrected chi connectivity index (χ2v) is 32.7. The Morgan fingerprint density at radius 2 is 1.39 bits per heavy atom. The standard InChI is InChI=1S/C86H115N11O19S/c1-55(2)48-67-81(106)94(6)41-16-15-28-75(102)115-54-86(4,5)78(103)83(108)97-42-17-14-24-66(97)84(109)116-68(36-33-58-30-29-56(3)69(50-58)111-8)60-22-18-23-61(51-60)89-72(99)37-38-73(100)92-76(59-20-10-9-11-21-59)79(104)90-63(80(105)96-43-19-25-65(96)82(107)95(67)7)49-57-31-34-62(35-32-57)114-52-74(101)88-40-45-113-47-46-112-44-39-87-71(98)27-13-12-26-70-77-64(53-117-70)91-85(110)93-77/h9-11,15,18,20-23,28-32,34-35,50-51,55,63-68,70,76-77H,12-14,16-17,19,24-27,33,36-49,52-54H2,1-8H3,(H,87,98)(H,88,101)(H,89,99)(H,90,104)(H,92,100)(H2,91,93,110)/t63-,64?,65-,66-,67-,68+,70?,76-,77?/m0/s1. The summed E-state index contributed by atoms with van der Waals surface area (Å²) < 4.78 is 34.6. The molecule has 5 aliphatic rings. The van der Waals surface area contributed by atoms with Crippen molar-refractivity contribution >= 4 is 94.4 Å². The molecule has 0 spiro atoms. The highest BCUT2D eigenvalue weighted by atomic mass is 32.2. The Morgan fingerprint density at radius 3 is 2.13 bits per heavy atom. The van der Waals surface area contributed by atoms with Gasteiger partial charge in [-0.2, -0.15) is 11.8 Å². The number of Topliss-reactive ketones (excluding diaryl/α,β-unsaturated/α-hetero) is 1. The van der Waals surface area contributed by atoms with Crippen molar-refractivity contribution in [2.75, 3.05) is 105 Å². The number of benzene rings is 4. The molecule has 5 heterocycles. The number of aryl methyl sites for hydroxylation is 2. The summed E-state index contributed by atoms with van der Waals surface area (Å²) in [6.45, 7) is 9.78. The van der Waals surface area contributed by atoms with Crippen molar-refractivity contribution in [2.45, 2.75) is 191 Å². The van der Waals surface area contributed by atoms with E-state index in [0.29, 0.717) is 84.4 Å². The number of esters is 2. The Kier molecular flexibility index (Phi) is 34.7. The second kappa shape index (κ2) is 44.8. The quantitative estimate of drug-likeness (QED) is 0.0149. The molecule has 4 aromatic carbocycles. The third-order valence-corrected chi connectivity index (χ3v) is 23.0. The van der Waals surface area contributed by atoms with Gasteiger partial charge in [-0.05, 0) is 155 Å². The fourth-order valence-corrected chi connectivity index (χ4v) is 16.4. The van der Waals surface area contributed by atoms with Gasteiger partial charge >= 0.3 is 18.0 Å². The molecule has 2 bridgehead atoms. The summed E-state index contributed by atoms with van der Waals surface area (Å²) in [7, 11) is 4.66. The minimum atomic E-state index is -1.53. The lowest BCUT2D eigenvalue weighted by molar-refractivity contribution is -0.165. The van der Waals surface area contributed by atoms with Crippen LogP contribution in [0.4, 0.5) is 10.5 Å². The number of nitrogens with one attached hydrogen (secondary N) is 7. The van der Waals surface area contributed by atoms with Crippen molar-refractivity contribution in [3.63, 3.8) is 0 Å². The number of nitrogens with zero attached hydrogens (tertiary/aromatic N) is 4. The molecular weight excluding hydrogens is 1520 g/mol. The van der Waals surface area contributed by atoms with Crippen LogP contribution in [0, 0.1) is 18.3 Å². The number of fused-ring (bicyclic) bond motifs is 5. The Balaban J connectivity index is 0.869. The van der Waals surface area contributed by atoms with Gasteiger partial charge in [-0.3, -0.25) is 47.9 Å². The lowest BCUT2D eigenvalue weighted by Crippen LogP contribution is -2.58. The molecule has 30 nitrogen and oxygen atoms in total. The average molecular weight is 1640 g/mol. The number of methoxy groups -OCH3 is 1. The zero-order chi connectivity index (χ0) is 84.1. The second-order valence-electron chi connectivity index (χ2n) is 31.4. The topological polar surface area (TPSA) is 374 Å². The number of cyclic esters (lactones) is 2. The summed E-state index contributed by atoms with van der Waals surface area (Å²) in [4.78, 5) is 187. The molecule has 5 aliphatic heterocycles. The third-order valence-electron chi connectivity index (χ3n) is 21.5. The van der Waals surface area contributed by atoms with E-state index in [1.807, 2.05) is 50.7 Å². The van der Waals surface area contributed by atoms with Gasteiger partial charge in [0.05, 0.1) is 51.0 Å². The number of anilines is 1. The number of piperidine rings is 1. The number of carbonyl (C=O) groups excluding carboxylic acids is 13. The van der Waals surface area contributed by atoms with Crippen LogP contribution in [0.2, 0.25) is 0 Å². The molecule has 4 aromatic rings. The van der Waals surface area contributed by atoms with E-state index in [1.165, 1.54) is 46.6 Å². The number of hydrogen-bond donors (Lipinski definition) is 7. The van der Waals surface area contributed by atoms with Gasteiger partial charge in [0.2, 0.25) is 47.1 Å². The number of urea groups is 1. The molecule has 634 valence electrons. The zero-order valence-corrected chi connectivity index (χ0v) is 69.2. The van der Waals surface area contributed by atoms with Crippen LogP contribution in [-0.4, -0.2) is 237 Å². The smallest absolute Gasteiger partial charge is 0.330 e. The first-order chi connectivity index (χ1) is 56.2. The zero-order valence-electron chi connectivity index (χ0n) is 68.4. The summed E-state index contributed by atoms with van der Waals surface area (Å²) in [6.07, 6.45) is 6.79. The summed E-state index contributed by atoms with van der Waals surface area (Å²) in [5.74, 6) is -5.63. The maximum Gasteiger partial charge on any atom is 0.330 e. The van der Waals surface area contributed by atoms with E-state index in [-0.39, 0.29) is 127 Å². The van der Waals surface area contributed by atoms with Crippen molar-refractivity contribution in [1.29, 1.82) is 0 Å². The number of ether oxygens (including phenoxy) is 6. The number of ketones is 1. The van der Waals surface area contributed by atoms with Crippen LogP contribution in [-0.2, 0) is 89.3 Å². The molecule has 9 atom stereocenters. The Labute approximate surface area is 688 Å². The first-order valence-corrected chi connectivity index (χ1v) is 41.7. The predicted molar refractivity (Wildman–Crippen MR) is 437 cm³/mol. The molecule has 3 unspecified atom stereocenters. The highest BCUT2D eigenvalue weighted by molar-refractivity contribution is 8.00. The van der Waals surface area contributed by atoms with E-state index < -0.39 is 120 Å².